The normalized spacial score (nSPS) is 22.8. The van der Waals surface area contributed by atoms with Crippen molar-refractivity contribution >= 4 is 10.0 Å². The number of aromatic nitrogens is 2. The standard InChI is InChI=1S/C10H17N3O3S/c1-3-17(14,15)13-7-5-4-6-9(13)10-11-8(2)12-16-10/h9H,3-7H2,1-2H3/t9-/m1/s1. The topological polar surface area (TPSA) is 76.3 Å². The summed E-state index contributed by atoms with van der Waals surface area (Å²) in [4.78, 5) is 4.15. The van der Waals surface area contributed by atoms with Crippen LogP contribution >= 0.6 is 0 Å². The predicted molar refractivity (Wildman–Crippen MR) is 61.8 cm³/mol. The minimum atomic E-state index is -3.20. The Morgan fingerprint density at radius 1 is 1.47 bits per heavy atom. The van der Waals surface area contributed by atoms with Crippen molar-refractivity contribution in [3.05, 3.63) is 11.7 Å². The van der Waals surface area contributed by atoms with Gasteiger partial charge in [0.05, 0.1) is 5.75 Å². The lowest BCUT2D eigenvalue weighted by Crippen LogP contribution is -2.39. The van der Waals surface area contributed by atoms with Crippen molar-refractivity contribution in [2.45, 2.75) is 39.2 Å². The summed E-state index contributed by atoms with van der Waals surface area (Å²) in [6.45, 7) is 3.93. The summed E-state index contributed by atoms with van der Waals surface area (Å²) in [5, 5.41) is 3.73. The molecule has 2 rings (SSSR count). The fraction of sp³-hybridized carbons (Fsp3) is 0.800. The molecule has 7 heteroatoms. The Morgan fingerprint density at radius 2 is 2.24 bits per heavy atom. The molecule has 0 unspecified atom stereocenters. The van der Waals surface area contributed by atoms with Crippen LogP contribution in [0.15, 0.2) is 4.52 Å². The average Bonchev–Trinajstić information content (AvgIpc) is 2.76. The van der Waals surface area contributed by atoms with E-state index in [2.05, 4.69) is 10.1 Å². The van der Waals surface area contributed by atoms with Gasteiger partial charge in [0.1, 0.15) is 6.04 Å². The highest BCUT2D eigenvalue weighted by Gasteiger charge is 2.35. The molecule has 0 N–H and O–H groups in total. The third-order valence-electron chi connectivity index (χ3n) is 3.00. The summed E-state index contributed by atoms with van der Waals surface area (Å²) in [6, 6.07) is -0.282. The van der Waals surface area contributed by atoms with Gasteiger partial charge in [-0.15, -0.1) is 0 Å². The van der Waals surface area contributed by atoms with Gasteiger partial charge in [-0.05, 0) is 26.7 Å². The molecule has 0 saturated carbocycles. The second-order valence-electron chi connectivity index (χ2n) is 4.20. The molecular weight excluding hydrogens is 242 g/mol. The molecule has 6 nitrogen and oxygen atoms in total. The minimum Gasteiger partial charge on any atom is -0.338 e. The first-order chi connectivity index (χ1) is 8.04. The number of piperidine rings is 1. The minimum absolute atomic E-state index is 0.108. The molecule has 0 aliphatic carbocycles. The number of aryl methyl sites for hydroxylation is 1. The SMILES string of the molecule is CCS(=O)(=O)N1CCCC[C@@H]1c1nc(C)no1. The van der Waals surface area contributed by atoms with Gasteiger partial charge in [-0.25, -0.2) is 8.42 Å². The van der Waals surface area contributed by atoms with Gasteiger partial charge in [-0.1, -0.05) is 11.6 Å². The van der Waals surface area contributed by atoms with E-state index in [1.807, 2.05) is 0 Å². The largest absolute Gasteiger partial charge is 0.338 e. The van der Waals surface area contributed by atoms with Crippen LogP contribution in [-0.4, -0.2) is 35.2 Å². The van der Waals surface area contributed by atoms with Crippen molar-refractivity contribution in [1.29, 1.82) is 0 Å². The molecule has 2 heterocycles. The molecule has 1 atom stereocenters. The fourth-order valence-corrected chi connectivity index (χ4v) is 3.42. The molecule has 96 valence electrons. The summed E-state index contributed by atoms with van der Waals surface area (Å²) < 4.78 is 30.6. The number of hydrogen-bond acceptors (Lipinski definition) is 5. The van der Waals surface area contributed by atoms with E-state index in [9.17, 15) is 8.42 Å². The van der Waals surface area contributed by atoms with E-state index in [0.29, 0.717) is 18.3 Å². The number of sulfonamides is 1. The molecule has 0 bridgehead atoms. The van der Waals surface area contributed by atoms with Gasteiger partial charge in [-0.2, -0.15) is 9.29 Å². The summed E-state index contributed by atoms with van der Waals surface area (Å²) in [5.74, 6) is 1.06. The Bertz CT molecular complexity index is 483. The van der Waals surface area contributed by atoms with Gasteiger partial charge in [0.15, 0.2) is 5.82 Å². The zero-order valence-corrected chi connectivity index (χ0v) is 10.9. The average molecular weight is 259 g/mol. The molecule has 1 aromatic heterocycles. The Kier molecular flexibility index (Phi) is 3.48. The third kappa shape index (κ3) is 2.50. The maximum atomic E-state index is 12.0. The molecule has 17 heavy (non-hydrogen) atoms. The molecule has 0 aromatic carbocycles. The quantitative estimate of drug-likeness (QED) is 0.816. The zero-order valence-electron chi connectivity index (χ0n) is 10.1. The second kappa shape index (κ2) is 4.73. The highest BCUT2D eigenvalue weighted by Crippen LogP contribution is 2.32. The van der Waals surface area contributed by atoms with Crippen molar-refractivity contribution in [3.63, 3.8) is 0 Å². The summed E-state index contributed by atoms with van der Waals surface area (Å²) in [7, 11) is -3.20. The van der Waals surface area contributed by atoms with Crippen LogP contribution in [0.3, 0.4) is 0 Å². The van der Waals surface area contributed by atoms with Crippen LogP contribution < -0.4 is 0 Å². The lowest BCUT2D eigenvalue weighted by molar-refractivity contribution is 0.204. The Hall–Kier alpha value is -0.950. The van der Waals surface area contributed by atoms with E-state index < -0.39 is 10.0 Å². The molecule has 0 amide bonds. The molecule has 1 fully saturated rings. The van der Waals surface area contributed by atoms with Crippen LogP contribution in [0.5, 0.6) is 0 Å². The van der Waals surface area contributed by atoms with Crippen molar-refractivity contribution < 1.29 is 12.9 Å². The van der Waals surface area contributed by atoms with Crippen LogP contribution in [0.25, 0.3) is 0 Å². The Morgan fingerprint density at radius 3 is 2.82 bits per heavy atom. The van der Waals surface area contributed by atoms with Crippen LogP contribution in [-0.2, 0) is 10.0 Å². The highest BCUT2D eigenvalue weighted by atomic mass is 32.2. The fourth-order valence-electron chi connectivity index (χ4n) is 2.10. The number of hydrogen-bond donors (Lipinski definition) is 0. The molecule has 1 saturated heterocycles. The first-order valence-electron chi connectivity index (χ1n) is 5.84. The Balaban J connectivity index is 2.30. The lowest BCUT2D eigenvalue weighted by Gasteiger charge is -2.31. The van der Waals surface area contributed by atoms with Gasteiger partial charge in [-0.3, -0.25) is 0 Å². The smallest absolute Gasteiger partial charge is 0.245 e. The van der Waals surface area contributed by atoms with E-state index >= 15 is 0 Å². The number of rotatable bonds is 3. The van der Waals surface area contributed by atoms with Gasteiger partial charge >= 0.3 is 0 Å². The molecule has 1 aromatic rings. The van der Waals surface area contributed by atoms with Gasteiger partial charge in [0.25, 0.3) is 0 Å². The van der Waals surface area contributed by atoms with E-state index in [0.717, 1.165) is 19.3 Å². The van der Waals surface area contributed by atoms with E-state index in [4.69, 9.17) is 4.52 Å². The maximum absolute atomic E-state index is 12.0. The van der Waals surface area contributed by atoms with Gasteiger partial charge in [0.2, 0.25) is 15.9 Å². The van der Waals surface area contributed by atoms with Crippen molar-refractivity contribution in [2.75, 3.05) is 12.3 Å². The highest BCUT2D eigenvalue weighted by molar-refractivity contribution is 7.89. The van der Waals surface area contributed by atoms with Crippen LogP contribution in [0, 0.1) is 6.92 Å². The summed E-state index contributed by atoms with van der Waals surface area (Å²) >= 11 is 0. The maximum Gasteiger partial charge on any atom is 0.245 e. The zero-order chi connectivity index (χ0) is 12.5. The molecule has 1 aliphatic heterocycles. The molecule has 0 spiro atoms. The molecule has 0 radical (unpaired) electrons. The van der Waals surface area contributed by atoms with Crippen LogP contribution in [0.1, 0.15) is 43.9 Å². The van der Waals surface area contributed by atoms with E-state index in [1.165, 1.54) is 4.31 Å². The third-order valence-corrected chi connectivity index (χ3v) is 4.89. The van der Waals surface area contributed by atoms with E-state index in [1.54, 1.807) is 13.8 Å². The van der Waals surface area contributed by atoms with E-state index in [-0.39, 0.29) is 11.8 Å². The van der Waals surface area contributed by atoms with Crippen molar-refractivity contribution in [3.8, 4) is 0 Å². The lowest BCUT2D eigenvalue weighted by atomic mass is 10.1. The van der Waals surface area contributed by atoms with Crippen LogP contribution in [0.2, 0.25) is 0 Å². The van der Waals surface area contributed by atoms with Gasteiger partial charge in [0, 0.05) is 6.54 Å². The predicted octanol–water partition coefficient (Wildman–Crippen LogP) is 1.25. The Labute approximate surface area is 101 Å². The summed E-state index contributed by atoms with van der Waals surface area (Å²) in [6.07, 6.45) is 2.63. The molecule has 1 aliphatic rings. The van der Waals surface area contributed by atoms with Crippen molar-refractivity contribution in [1.82, 2.24) is 14.4 Å². The van der Waals surface area contributed by atoms with Gasteiger partial charge < -0.3 is 4.52 Å². The summed E-state index contributed by atoms with van der Waals surface area (Å²) in [5.41, 5.74) is 0. The monoisotopic (exact) mass is 259 g/mol. The van der Waals surface area contributed by atoms with Crippen LogP contribution in [0.4, 0.5) is 0 Å². The first kappa shape index (κ1) is 12.5. The second-order valence-corrected chi connectivity index (χ2v) is 6.41. The first-order valence-corrected chi connectivity index (χ1v) is 7.45. The van der Waals surface area contributed by atoms with Crippen molar-refractivity contribution in [2.24, 2.45) is 0 Å². The molecular formula is C10H17N3O3S. The number of nitrogens with zero attached hydrogens (tertiary/aromatic N) is 3.